The van der Waals surface area contributed by atoms with Crippen molar-refractivity contribution < 1.29 is 14.7 Å². The van der Waals surface area contributed by atoms with Gasteiger partial charge in [0.15, 0.2) is 0 Å². The summed E-state index contributed by atoms with van der Waals surface area (Å²) < 4.78 is 0. The van der Waals surface area contributed by atoms with E-state index in [2.05, 4.69) is 5.32 Å². The number of carbonyl (C=O) groups excluding carboxylic acids is 2. The first-order chi connectivity index (χ1) is 9.06. The SMILES string of the molecule is CC(=O)Nc1cccc(C(=O)N2CCC(O)CC2)c1. The maximum absolute atomic E-state index is 12.3. The highest BCUT2D eigenvalue weighted by Gasteiger charge is 2.22. The molecule has 1 fully saturated rings. The van der Waals surface area contributed by atoms with Gasteiger partial charge in [-0.3, -0.25) is 9.59 Å². The molecule has 0 atom stereocenters. The van der Waals surface area contributed by atoms with Crippen LogP contribution in [0, 0.1) is 0 Å². The van der Waals surface area contributed by atoms with E-state index in [-0.39, 0.29) is 17.9 Å². The average Bonchev–Trinajstić information content (AvgIpc) is 2.38. The molecule has 0 aliphatic carbocycles. The van der Waals surface area contributed by atoms with Gasteiger partial charge in [0.1, 0.15) is 0 Å². The minimum atomic E-state index is -0.297. The fourth-order valence-electron chi connectivity index (χ4n) is 2.18. The minimum Gasteiger partial charge on any atom is -0.393 e. The van der Waals surface area contributed by atoms with Crippen LogP contribution in [0.5, 0.6) is 0 Å². The Hall–Kier alpha value is -1.88. The second-order valence-electron chi connectivity index (χ2n) is 4.79. The van der Waals surface area contributed by atoms with Crippen molar-refractivity contribution in [1.29, 1.82) is 0 Å². The summed E-state index contributed by atoms with van der Waals surface area (Å²) in [5, 5.41) is 12.1. The largest absolute Gasteiger partial charge is 0.393 e. The van der Waals surface area contributed by atoms with E-state index in [1.807, 2.05) is 0 Å². The molecule has 0 aromatic heterocycles. The quantitative estimate of drug-likeness (QED) is 0.842. The molecule has 0 radical (unpaired) electrons. The van der Waals surface area contributed by atoms with E-state index < -0.39 is 0 Å². The molecule has 1 saturated heterocycles. The van der Waals surface area contributed by atoms with Crippen molar-refractivity contribution in [1.82, 2.24) is 4.90 Å². The zero-order valence-electron chi connectivity index (χ0n) is 10.9. The van der Waals surface area contributed by atoms with Gasteiger partial charge in [-0.2, -0.15) is 0 Å². The number of anilines is 1. The number of aliphatic hydroxyl groups is 1. The molecular weight excluding hydrogens is 244 g/mol. The number of nitrogens with zero attached hydrogens (tertiary/aromatic N) is 1. The zero-order chi connectivity index (χ0) is 13.8. The number of rotatable bonds is 2. The number of nitrogens with one attached hydrogen (secondary N) is 1. The van der Waals surface area contributed by atoms with Crippen molar-refractivity contribution >= 4 is 17.5 Å². The van der Waals surface area contributed by atoms with Crippen LogP contribution in [0.2, 0.25) is 0 Å². The summed E-state index contributed by atoms with van der Waals surface area (Å²) in [6, 6.07) is 6.91. The first-order valence-corrected chi connectivity index (χ1v) is 6.41. The topological polar surface area (TPSA) is 69.6 Å². The first kappa shape index (κ1) is 13.5. The number of aliphatic hydroxyl groups excluding tert-OH is 1. The molecule has 1 aromatic rings. The molecule has 102 valence electrons. The lowest BCUT2D eigenvalue weighted by Gasteiger charge is -2.29. The second kappa shape index (κ2) is 5.84. The summed E-state index contributed by atoms with van der Waals surface area (Å²) >= 11 is 0. The van der Waals surface area contributed by atoms with Crippen LogP contribution in [0.1, 0.15) is 30.1 Å². The fraction of sp³-hybridized carbons (Fsp3) is 0.429. The molecule has 0 unspecified atom stereocenters. The third kappa shape index (κ3) is 3.54. The molecule has 1 aliphatic heterocycles. The summed E-state index contributed by atoms with van der Waals surface area (Å²) in [4.78, 5) is 25.0. The van der Waals surface area contributed by atoms with Crippen molar-refractivity contribution in [3.8, 4) is 0 Å². The highest BCUT2D eigenvalue weighted by Crippen LogP contribution is 2.16. The number of amides is 2. The van der Waals surface area contributed by atoms with Gasteiger partial charge in [-0.05, 0) is 31.0 Å². The van der Waals surface area contributed by atoms with Crippen LogP contribution < -0.4 is 5.32 Å². The Labute approximate surface area is 112 Å². The lowest BCUT2D eigenvalue weighted by Crippen LogP contribution is -2.40. The predicted molar refractivity (Wildman–Crippen MR) is 71.9 cm³/mol. The van der Waals surface area contributed by atoms with Crippen molar-refractivity contribution in [3.63, 3.8) is 0 Å². The van der Waals surface area contributed by atoms with Crippen LogP contribution >= 0.6 is 0 Å². The van der Waals surface area contributed by atoms with Crippen LogP contribution in [0.15, 0.2) is 24.3 Å². The molecule has 1 aromatic carbocycles. The van der Waals surface area contributed by atoms with E-state index >= 15 is 0 Å². The summed E-state index contributed by atoms with van der Waals surface area (Å²) in [5.41, 5.74) is 1.18. The molecule has 0 saturated carbocycles. The van der Waals surface area contributed by atoms with Crippen LogP contribution in [-0.2, 0) is 4.79 Å². The molecule has 2 amide bonds. The fourth-order valence-corrected chi connectivity index (χ4v) is 2.18. The standard InChI is InChI=1S/C14H18N2O3/c1-10(17)15-12-4-2-3-11(9-12)14(19)16-7-5-13(18)6-8-16/h2-4,9,13,18H,5-8H2,1H3,(H,15,17). The zero-order valence-corrected chi connectivity index (χ0v) is 10.9. The highest BCUT2D eigenvalue weighted by atomic mass is 16.3. The maximum Gasteiger partial charge on any atom is 0.253 e. The Bertz CT molecular complexity index is 479. The molecule has 0 bridgehead atoms. The first-order valence-electron chi connectivity index (χ1n) is 6.41. The number of hydrogen-bond acceptors (Lipinski definition) is 3. The van der Waals surface area contributed by atoms with E-state index in [9.17, 15) is 14.7 Å². The van der Waals surface area contributed by atoms with Gasteiger partial charge in [-0.1, -0.05) is 6.07 Å². The van der Waals surface area contributed by atoms with Gasteiger partial charge in [0.25, 0.3) is 5.91 Å². The Morgan fingerprint density at radius 3 is 2.63 bits per heavy atom. The van der Waals surface area contributed by atoms with Crippen LogP contribution in [0.4, 0.5) is 5.69 Å². The molecule has 2 rings (SSSR count). The average molecular weight is 262 g/mol. The van der Waals surface area contributed by atoms with Crippen LogP contribution in [0.3, 0.4) is 0 Å². The van der Waals surface area contributed by atoms with Gasteiger partial charge in [-0.25, -0.2) is 0 Å². The van der Waals surface area contributed by atoms with Crippen molar-refractivity contribution in [2.24, 2.45) is 0 Å². The highest BCUT2D eigenvalue weighted by molar-refractivity contribution is 5.96. The molecule has 2 N–H and O–H groups in total. The normalized spacial score (nSPS) is 16.2. The van der Waals surface area contributed by atoms with E-state index in [0.29, 0.717) is 37.2 Å². The van der Waals surface area contributed by atoms with Crippen molar-refractivity contribution in [2.75, 3.05) is 18.4 Å². The van der Waals surface area contributed by atoms with Gasteiger partial charge in [0, 0.05) is 31.3 Å². The summed E-state index contributed by atoms with van der Waals surface area (Å²) in [6.45, 7) is 2.58. The molecule has 5 nitrogen and oxygen atoms in total. The predicted octanol–water partition coefficient (Wildman–Crippen LogP) is 1.24. The molecule has 0 spiro atoms. The summed E-state index contributed by atoms with van der Waals surface area (Å²) in [5.74, 6) is -0.218. The van der Waals surface area contributed by atoms with Crippen molar-refractivity contribution in [3.05, 3.63) is 29.8 Å². The van der Waals surface area contributed by atoms with Gasteiger partial charge in [-0.15, -0.1) is 0 Å². The van der Waals surface area contributed by atoms with E-state index in [4.69, 9.17) is 0 Å². The Kier molecular flexibility index (Phi) is 4.16. The molecule has 1 heterocycles. The molecule has 5 heteroatoms. The Morgan fingerprint density at radius 1 is 1.32 bits per heavy atom. The second-order valence-corrected chi connectivity index (χ2v) is 4.79. The lowest BCUT2D eigenvalue weighted by molar-refractivity contribution is -0.114. The van der Waals surface area contributed by atoms with E-state index in [0.717, 1.165) is 0 Å². The van der Waals surface area contributed by atoms with E-state index in [1.165, 1.54) is 6.92 Å². The van der Waals surface area contributed by atoms with Gasteiger partial charge < -0.3 is 15.3 Å². The number of carbonyl (C=O) groups is 2. The lowest BCUT2D eigenvalue weighted by atomic mass is 10.1. The Morgan fingerprint density at radius 2 is 2.00 bits per heavy atom. The molecule has 19 heavy (non-hydrogen) atoms. The Balaban J connectivity index is 2.08. The molecule has 1 aliphatic rings. The number of hydrogen-bond donors (Lipinski definition) is 2. The monoisotopic (exact) mass is 262 g/mol. The van der Waals surface area contributed by atoms with Gasteiger partial charge in [0.2, 0.25) is 5.91 Å². The third-order valence-electron chi connectivity index (χ3n) is 3.18. The number of likely N-dealkylation sites (tertiary alicyclic amines) is 1. The molecular formula is C14H18N2O3. The van der Waals surface area contributed by atoms with Crippen molar-refractivity contribution in [2.45, 2.75) is 25.9 Å². The summed E-state index contributed by atoms with van der Waals surface area (Å²) in [6.07, 6.45) is 0.948. The van der Waals surface area contributed by atoms with E-state index in [1.54, 1.807) is 29.2 Å². The van der Waals surface area contributed by atoms with Crippen LogP contribution in [-0.4, -0.2) is 41.0 Å². The third-order valence-corrected chi connectivity index (χ3v) is 3.18. The van der Waals surface area contributed by atoms with Crippen LogP contribution in [0.25, 0.3) is 0 Å². The number of benzene rings is 1. The minimum absolute atomic E-state index is 0.0564. The van der Waals surface area contributed by atoms with Gasteiger partial charge >= 0.3 is 0 Å². The summed E-state index contributed by atoms with van der Waals surface area (Å²) in [7, 11) is 0. The maximum atomic E-state index is 12.3. The number of piperidine rings is 1. The van der Waals surface area contributed by atoms with Gasteiger partial charge in [0.05, 0.1) is 6.10 Å². The smallest absolute Gasteiger partial charge is 0.253 e.